The molecule has 1 saturated heterocycles. The number of unbranched alkanes of at least 4 members (excludes halogenated alkanes) is 5. The van der Waals surface area contributed by atoms with Crippen LogP contribution in [0.15, 0.2) is 66.7 Å². The van der Waals surface area contributed by atoms with Gasteiger partial charge in [0, 0.05) is 18.8 Å². The Labute approximate surface area is 256 Å². The minimum absolute atomic E-state index is 0.144. The van der Waals surface area contributed by atoms with Crippen LogP contribution in [0.2, 0.25) is 0 Å². The Morgan fingerprint density at radius 3 is 2.02 bits per heavy atom. The fraction of sp³-hybridized carbons (Fsp3) is 0.538. The van der Waals surface area contributed by atoms with Crippen LogP contribution in [0.25, 0.3) is 0 Å². The van der Waals surface area contributed by atoms with Crippen LogP contribution in [-0.2, 0) is 25.7 Å². The van der Waals surface area contributed by atoms with E-state index >= 15 is 0 Å². The minimum Gasteiger partial charge on any atom is -0.371 e. The van der Waals surface area contributed by atoms with Crippen molar-refractivity contribution in [3.63, 3.8) is 0 Å². The summed E-state index contributed by atoms with van der Waals surface area (Å²) in [5, 5.41) is 3.44. The van der Waals surface area contributed by atoms with Crippen LogP contribution in [0.1, 0.15) is 112 Å². The van der Waals surface area contributed by atoms with Gasteiger partial charge in [0.05, 0.1) is 0 Å². The van der Waals surface area contributed by atoms with Crippen LogP contribution in [0, 0.1) is 5.82 Å². The van der Waals surface area contributed by atoms with Crippen molar-refractivity contribution in [2.75, 3.05) is 31.1 Å². The molecule has 3 aromatic rings. The van der Waals surface area contributed by atoms with Gasteiger partial charge >= 0.3 is 0 Å². The average Bonchev–Trinajstić information content (AvgIpc) is 3.04. The predicted molar refractivity (Wildman–Crippen MR) is 179 cm³/mol. The molecule has 2 nitrogen and oxygen atoms in total. The molecule has 0 atom stereocenters. The number of hydrogen-bond acceptors (Lipinski definition) is 2. The standard InChI is InChI=1S/C23H30FN.C16H25N/c24-23-13-9-20(10-14-23)6-4-2-1-3-5-19-7-11-21(12-8-19)22-15-17-25-18-16-22;1-3-5-6-11-17-12-7-8-15-10-9-14(4-2)13-16(15)17/h7-14,22,25H,1-6,15-18H2;9-10,13H,3-8,11-12H2,1-2H3. The van der Waals surface area contributed by atoms with Gasteiger partial charge < -0.3 is 10.2 Å². The van der Waals surface area contributed by atoms with Gasteiger partial charge in [-0.2, -0.15) is 0 Å². The molecule has 0 unspecified atom stereocenters. The summed E-state index contributed by atoms with van der Waals surface area (Å²) in [6.07, 6.45) is 17.5. The van der Waals surface area contributed by atoms with Crippen molar-refractivity contribution >= 4 is 5.69 Å². The van der Waals surface area contributed by atoms with Crippen molar-refractivity contribution in [2.24, 2.45) is 0 Å². The number of halogens is 1. The molecule has 42 heavy (non-hydrogen) atoms. The van der Waals surface area contributed by atoms with Gasteiger partial charge in [0.15, 0.2) is 0 Å². The van der Waals surface area contributed by atoms with Crippen LogP contribution in [0.3, 0.4) is 0 Å². The highest BCUT2D eigenvalue weighted by molar-refractivity contribution is 5.57. The lowest BCUT2D eigenvalue weighted by Crippen LogP contribution is -2.30. The molecule has 2 heterocycles. The van der Waals surface area contributed by atoms with Gasteiger partial charge in [0.1, 0.15) is 5.82 Å². The van der Waals surface area contributed by atoms with E-state index in [2.05, 4.69) is 66.5 Å². The zero-order valence-corrected chi connectivity index (χ0v) is 26.5. The summed E-state index contributed by atoms with van der Waals surface area (Å²) in [5.41, 5.74) is 8.79. The lowest BCUT2D eigenvalue weighted by atomic mass is 9.89. The molecule has 2 aliphatic rings. The number of anilines is 1. The Morgan fingerprint density at radius 1 is 0.738 bits per heavy atom. The van der Waals surface area contributed by atoms with Crippen molar-refractivity contribution in [3.8, 4) is 0 Å². The predicted octanol–water partition coefficient (Wildman–Crippen LogP) is 9.83. The molecule has 0 aliphatic carbocycles. The topological polar surface area (TPSA) is 15.3 Å². The molecular weight excluding hydrogens is 515 g/mol. The number of nitrogens with one attached hydrogen (secondary N) is 1. The smallest absolute Gasteiger partial charge is 0.123 e. The second-order valence-corrected chi connectivity index (χ2v) is 12.4. The number of rotatable bonds is 13. The highest BCUT2D eigenvalue weighted by atomic mass is 19.1. The van der Waals surface area contributed by atoms with E-state index in [1.54, 1.807) is 17.7 Å². The molecule has 0 saturated carbocycles. The third-order valence-electron chi connectivity index (χ3n) is 9.19. The monoisotopic (exact) mass is 570 g/mol. The van der Waals surface area contributed by atoms with Crippen LogP contribution in [0.5, 0.6) is 0 Å². The Bertz CT molecular complexity index is 1150. The first-order valence-corrected chi connectivity index (χ1v) is 17.1. The molecule has 228 valence electrons. The summed E-state index contributed by atoms with van der Waals surface area (Å²) >= 11 is 0. The molecule has 0 bridgehead atoms. The molecule has 2 aliphatic heterocycles. The number of hydrogen-bond donors (Lipinski definition) is 1. The van der Waals surface area contributed by atoms with E-state index in [1.165, 1.54) is 118 Å². The van der Waals surface area contributed by atoms with Crippen LogP contribution in [-0.4, -0.2) is 26.2 Å². The quantitative estimate of drug-likeness (QED) is 0.206. The highest BCUT2D eigenvalue weighted by Crippen LogP contribution is 2.29. The zero-order chi connectivity index (χ0) is 29.4. The van der Waals surface area contributed by atoms with Crippen LogP contribution >= 0.6 is 0 Å². The lowest BCUT2D eigenvalue weighted by molar-refractivity contribution is 0.460. The molecule has 0 spiro atoms. The normalized spacial score (nSPS) is 15.2. The second-order valence-electron chi connectivity index (χ2n) is 12.4. The van der Waals surface area contributed by atoms with E-state index < -0.39 is 0 Å². The average molecular weight is 571 g/mol. The van der Waals surface area contributed by atoms with Gasteiger partial charge in [-0.05, 0) is 129 Å². The summed E-state index contributed by atoms with van der Waals surface area (Å²) in [6.45, 7) is 9.33. The van der Waals surface area contributed by atoms with Gasteiger partial charge in [-0.25, -0.2) is 4.39 Å². The van der Waals surface area contributed by atoms with E-state index in [-0.39, 0.29) is 5.82 Å². The molecule has 0 radical (unpaired) electrons. The van der Waals surface area contributed by atoms with Crippen molar-refractivity contribution in [1.82, 2.24) is 5.32 Å². The lowest BCUT2D eigenvalue weighted by Gasteiger charge is -2.32. The van der Waals surface area contributed by atoms with E-state index in [0.717, 1.165) is 31.8 Å². The molecular formula is C39H55FN2. The molecule has 3 aromatic carbocycles. The fourth-order valence-corrected chi connectivity index (χ4v) is 6.48. The molecule has 5 rings (SSSR count). The van der Waals surface area contributed by atoms with Crippen LogP contribution in [0.4, 0.5) is 10.1 Å². The third kappa shape index (κ3) is 10.6. The molecule has 1 fully saturated rings. The SMILES string of the molecule is CCCCCN1CCCc2ccc(CC)cc21.Fc1ccc(CCCCCCc2ccc(C3CCNCC3)cc2)cc1. The summed E-state index contributed by atoms with van der Waals surface area (Å²) in [5.74, 6) is 0.608. The van der Waals surface area contributed by atoms with E-state index in [4.69, 9.17) is 0 Å². The zero-order valence-electron chi connectivity index (χ0n) is 26.5. The van der Waals surface area contributed by atoms with Crippen molar-refractivity contribution < 1.29 is 4.39 Å². The third-order valence-corrected chi connectivity index (χ3v) is 9.19. The maximum atomic E-state index is 12.9. The van der Waals surface area contributed by atoms with Gasteiger partial charge in [-0.3, -0.25) is 0 Å². The second kappa shape index (κ2) is 18.1. The maximum Gasteiger partial charge on any atom is 0.123 e. The maximum absolute atomic E-state index is 12.9. The van der Waals surface area contributed by atoms with E-state index in [9.17, 15) is 4.39 Å². The van der Waals surface area contributed by atoms with Crippen molar-refractivity contribution in [3.05, 3.63) is 100 Å². The Morgan fingerprint density at radius 2 is 1.38 bits per heavy atom. The minimum atomic E-state index is -0.144. The molecule has 0 amide bonds. The summed E-state index contributed by atoms with van der Waals surface area (Å²) in [6, 6.07) is 23.3. The number of nitrogens with zero attached hydrogens (tertiary/aromatic N) is 1. The van der Waals surface area contributed by atoms with Gasteiger partial charge in [-0.1, -0.05) is 88.1 Å². The fourth-order valence-electron chi connectivity index (χ4n) is 6.48. The van der Waals surface area contributed by atoms with Gasteiger partial charge in [0.2, 0.25) is 0 Å². The largest absolute Gasteiger partial charge is 0.371 e. The Kier molecular flexibility index (Phi) is 13.9. The molecule has 0 aromatic heterocycles. The van der Waals surface area contributed by atoms with Gasteiger partial charge in [-0.15, -0.1) is 0 Å². The molecule has 1 N–H and O–H groups in total. The van der Waals surface area contributed by atoms with E-state index in [0.29, 0.717) is 0 Å². The summed E-state index contributed by atoms with van der Waals surface area (Å²) in [7, 11) is 0. The first-order chi connectivity index (χ1) is 20.7. The van der Waals surface area contributed by atoms with Crippen molar-refractivity contribution in [2.45, 2.75) is 110 Å². The number of aryl methyl sites for hydroxylation is 4. The highest BCUT2D eigenvalue weighted by Gasteiger charge is 2.16. The van der Waals surface area contributed by atoms with Gasteiger partial charge in [0.25, 0.3) is 0 Å². The van der Waals surface area contributed by atoms with E-state index in [1.807, 2.05) is 12.1 Å². The van der Waals surface area contributed by atoms with Crippen LogP contribution < -0.4 is 10.2 Å². The Balaban J connectivity index is 0.000000208. The number of benzene rings is 3. The van der Waals surface area contributed by atoms with Crippen molar-refractivity contribution in [1.29, 1.82) is 0 Å². The first-order valence-electron chi connectivity index (χ1n) is 17.1. The number of piperidine rings is 1. The molecule has 3 heteroatoms. The first kappa shape index (κ1) is 32.3. The Hall–Kier alpha value is -2.65. The summed E-state index contributed by atoms with van der Waals surface area (Å²) < 4.78 is 12.9. The number of fused-ring (bicyclic) bond motifs is 1. The summed E-state index contributed by atoms with van der Waals surface area (Å²) in [4.78, 5) is 2.60.